The van der Waals surface area contributed by atoms with E-state index in [-0.39, 0.29) is 11.3 Å². The number of amides is 1. The van der Waals surface area contributed by atoms with Crippen LogP contribution in [-0.2, 0) is 0 Å². The minimum Gasteiger partial charge on any atom is -0.457 e. The molecule has 0 atom stereocenters. The summed E-state index contributed by atoms with van der Waals surface area (Å²) in [5.41, 5.74) is 1.75. The molecule has 3 aromatic carbocycles. The van der Waals surface area contributed by atoms with Gasteiger partial charge in [0.25, 0.3) is 11.5 Å². The van der Waals surface area contributed by atoms with E-state index in [9.17, 15) is 9.59 Å². The highest BCUT2D eigenvalue weighted by Crippen LogP contribution is 2.27. The van der Waals surface area contributed by atoms with Crippen LogP contribution in [-0.4, -0.2) is 16.1 Å². The van der Waals surface area contributed by atoms with Gasteiger partial charge >= 0.3 is 0 Å². The topological polar surface area (TPSA) is 108 Å². The number of hydrogen-bond acceptors (Lipinski definition) is 5. The highest BCUT2D eigenvalue weighted by molar-refractivity contribution is 6.11. The molecule has 7 nitrogen and oxygen atoms in total. The third-order valence-corrected chi connectivity index (χ3v) is 4.58. The first-order valence-electron chi connectivity index (χ1n) is 9.12. The zero-order valence-corrected chi connectivity index (χ0v) is 16.0. The van der Waals surface area contributed by atoms with Gasteiger partial charge in [-0.3, -0.25) is 9.59 Å². The Kier molecular flexibility index (Phi) is 4.97. The highest BCUT2D eigenvalue weighted by atomic mass is 16.5. The van der Waals surface area contributed by atoms with Crippen LogP contribution < -0.4 is 15.6 Å². The monoisotopic (exact) mass is 396 g/mol. The molecule has 1 heterocycles. The molecule has 4 aromatic rings. The van der Waals surface area contributed by atoms with Gasteiger partial charge in [0.15, 0.2) is 5.69 Å². The molecule has 0 fully saturated rings. The summed E-state index contributed by atoms with van der Waals surface area (Å²) in [6.45, 7) is 1.85. The van der Waals surface area contributed by atoms with Gasteiger partial charge in [-0.1, -0.05) is 18.2 Å². The number of benzene rings is 3. The Labute approximate surface area is 171 Å². The molecule has 0 aliphatic rings. The number of carbonyl (C=O) groups excluding carboxylic acids is 1. The molecule has 7 heteroatoms. The fraction of sp³-hybridized carbons (Fsp3) is 0.0435. The second-order valence-corrected chi connectivity index (χ2v) is 6.62. The lowest BCUT2D eigenvalue weighted by atomic mass is 10.1. The largest absolute Gasteiger partial charge is 0.457 e. The van der Waals surface area contributed by atoms with E-state index in [1.54, 1.807) is 66.7 Å². The second-order valence-electron chi connectivity index (χ2n) is 6.62. The third kappa shape index (κ3) is 3.75. The molecular weight excluding hydrogens is 380 g/mol. The van der Waals surface area contributed by atoms with Crippen molar-refractivity contribution in [2.24, 2.45) is 0 Å². The Bertz CT molecular complexity index is 1350. The van der Waals surface area contributed by atoms with Crippen molar-refractivity contribution in [3.05, 3.63) is 93.9 Å². The Balaban J connectivity index is 1.55. The molecule has 0 saturated carbocycles. The van der Waals surface area contributed by atoms with Crippen LogP contribution in [0.4, 0.5) is 5.69 Å². The number of H-pyrrole nitrogens is 1. The maximum absolute atomic E-state index is 12.8. The van der Waals surface area contributed by atoms with Crippen molar-refractivity contribution in [2.75, 3.05) is 5.32 Å². The molecule has 1 aromatic heterocycles. The van der Waals surface area contributed by atoms with Gasteiger partial charge in [-0.25, -0.2) is 5.10 Å². The summed E-state index contributed by atoms with van der Waals surface area (Å²) in [6, 6.07) is 20.9. The van der Waals surface area contributed by atoms with E-state index >= 15 is 0 Å². The third-order valence-electron chi connectivity index (χ3n) is 4.58. The summed E-state index contributed by atoms with van der Waals surface area (Å²) >= 11 is 0. The predicted octanol–water partition coefficient (Wildman–Crippen LogP) is 4.15. The Hall–Kier alpha value is -4.44. The van der Waals surface area contributed by atoms with E-state index in [2.05, 4.69) is 21.6 Å². The SMILES string of the molecule is Cc1cc(Oc2ccc(C#N)cc2)ccc1NC(=O)c1n[nH]c(=O)c2ccccc12. The van der Waals surface area contributed by atoms with Crippen molar-refractivity contribution in [1.82, 2.24) is 10.2 Å². The molecule has 1 amide bonds. The van der Waals surface area contributed by atoms with Gasteiger partial charge in [-0.2, -0.15) is 10.4 Å². The lowest BCUT2D eigenvalue weighted by Crippen LogP contribution is -2.19. The fourth-order valence-electron chi connectivity index (χ4n) is 3.04. The lowest BCUT2D eigenvalue weighted by Gasteiger charge is -2.12. The van der Waals surface area contributed by atoms with E-state index in [1.165, 1.54) is 0 Å². The average Bonchev–Trinajstić information content (AvgIpc) is 2.76. The average molecular weight is 396 g/mol. The number of hydrogen-bond donors (Lipinski definition) is 2. The van der Waals surface area contributed by atoms with Gasteiger partial charge < -0.3 is 10.1 Å². The number of carbonyl (C=O) groups is 1. The first-order chi connectivity index (χ1) is 14.5. The summed E-state index contributed by atoms with van der Waals surface area (Å²) < 4.78 is 5.80. The van der Waals surface area contributed by atoms with Crippen molar-refractivity contribution in [2.45, 2.75) is 6.92 Å². The van der Waals surface area contributed by atoms with Gasteiger partial charge in [-0.15, -0.1) is 0 Å². The summed E-state index contributed by atoms with van der Waals surface area (Å²) in [4.78, 5) is 24.7. The predicted molar refractivity (Wildman–Crippen MR) is 113 cm³/mol. The van der Waals surface area contributed by atoms with Crippen molar-refractivity contribution in [1.29, 1.82) is 5.26 Å². The maximum Gasteiger partial charge on any atom is 0.276 e. The summed E-state index contributed by atoms with van der Waals surface area (Å²) in [5, 5.41) is 18.9. The smallest absolute Gasteiger partial charge is 0.276 e. The summed E-state index contributed by atoms with van der Waals surface area (Å²) in [6.07, 6.45) is 0. The number of anilines is 1. The Morgan fingerprint density at radius 2 is 1.73 bits per heavy atom. The minimum atomic E-state index is -0.425. The van der Waals surface area contributed by atoms with Crippen LogP contribution in [0.2, 0.25) is 0 Å². The first-order valence-corrected chi connectivity index (χ1v) is 9.12. The number of nitrogens with one attached hydrogen (secondary N) is 2. The van der Waals surface area contributed by atoms with Crippen molar-refractivity contribution in [3.63, 3.8) is 0 Å². The fourth-order valence-corrected chi connectivity index (χ4v) is 3.04. The van der Waals surface area contributed by atoms with Crippen molar-refractivity contribution in [3.8, 4) is 17.6 Å². The molecule has 0 unspecified atom stereocenters. The van der Waals surface area contributed by atoms with E-state index in [0.29, 0.717) is 33.5 Å². The summed E-state index contributed by atoms with van der Waals surface area (Å²) in [5.74, 6) is 0.781. The zero-order valence-electron chi connectivity index (χ0n) is 16.0. The molecule has 0 spiro atoms. The van der Waals surface area contributed by atoms with Gasteiger partial charge in [0.2, 0.25) is 0 Å². The van der Waals surface area contributed by atoms with Crippen LogP contribution in [0.5, 0.6) is 11.5 Å². The van der Waals surface area contributed by atoms with Crippen LogP contribution in [0.1, 0.15) is 21.6 Å². The number of aryl methyl sites for hydroxylation is 1. The molecule has 0 radical (unpaired) electrons. The number of nitrogens with zero attached hydrogens (tertiary/aromatic N) is 2. The normalized spacial score (nSPS) is 10.4. The number of fused-ring (bicyclic) bond motifs is 1. The van der Waals surface area contributed by atoms with E-state index in [1.807, 2.05) is 6.92 Å². The Morgan fingerprint density at radius 1 is 1.03 bits per heavy atom. The molecule has 0 bridgehead atoms. The van der Waals surface area contributed by atoms with Crippen LogP contribution in [0.3, 0.4) is 0 Å². The van der Waals surface area contributed by atoms with Gasteiger partial charge in [0, 0.05) is 11.1 Å². The molecule has 0 saturated heterocycles. The van der Waals surface area contributed by atoms with Crippen LogP contribution in [0.25, 0.3) is 10.8 Å². The lowest BCUT2D eigenvalue weighted by molar-refractivity contribution is 0.102. The molecule has 2 N–H and O–H groups in total. The highest BCUT2D eigenvalue weighted by Gasteiger charge is 2.15. The first kappa shape index (κ1) is 18.9. The number of nitriles is 1. The molecular formula is C23H16N4O3. The summed E-state index contributed by atoms with van der Waals surface area (Å²) in [7, 11) is 0. The number of rotatable bonds is 4. The molecule has 146 valence electrons. The van der Waals surface area contributed by atoms with Crippen molar-refractivity contribution >= 4 is 22.4 Å². The number of aromatic amines is 1. The maximum atomic E-state index is 12.8. The van der Waals surface area contributed by atoms with Gasteiger partial charge in [0.05, 0.1) is 17.0 Å². The zero-order chi connectivity index (χ0) is 21.1. The minimum absolute atomic E-state index is 0.141. The quantitative estimate of drug-likeness (QED) is 0.539. The van der Waals surface area contributed by atoms with Crippen LogP contribution in [0.15, 0.2) is 71.5 Å². The van der Waals surface area contributed by atoms with E-state index < -0.39 is 5.91 Å². The van der Waals surface area contributed by atoms with Crippen LogP contribution >= 0.6 is 0 Å². The molecule has 4 rings (SSSR count). The molecule has 0 aliphatic carbocycles. The van der Waals surface area contributed by atoms with E-state index in [4.69, 9.17) is 10.00 Å². The Morgan fingerprint density at radius 3 is 2.43 bits per heavy atom. The molecule has 30 heavy (non-hydrogen) atoms. The van der Waals surface area contributed by atoms with Crippen molar-refractivity contribution < 1.29 is 9.53 Å². The molecule has 0 aliphatic heterocycles. The second kappa shape index (κ2) is 7.89. The van der Waals surface area contributed by atoms with Crippen LogP contribution in [0, 0.1) is 18.3 Å². The number of ether oxygens (including phenoxy) is 1. The van der Waals surface area contributed by atoms with E-state index in [0.717, 1.165) is 5.56 Å². The number of aromatic nitrogens is 2. The van der Waals surface area contributed by atoms with Gasteiger partial charge in [-0.05, 0) is 61.0 Å². The standard InChI is InChI=1S/C23H16N4O3/c1-14-12-17(30-16-8-6-15(13-24)7-9-16)10-11-20(14)25-23(29)21-18-4-2-3-5-19(18)22(28)27-26-21/h2-12H,1H3,(H,25,29)(H,27,28). The van der Waals surface area contributed by atoms with Gasteiger partial charge in [0.1, 0.15) is 11.5 Å².